The summed E-state index contributed by atoms with van der Waals surface area (Å²) in [4.78, 5) is 19.6. The molecule has 0 aliphatic carbocycles. The Balaban J connectivity index is 1.45. The lowest BCUT2D eigenvalue weighted by Gasteiger charge is -2.34. The van der Waals surface area contributed by atoms with Crippen molar-refractivity contribution in [1.82, 2.24) is 19.6 Å². The van der Waals surface area contributed by atoms with Gasteiger partial charge in [-0.15, -0.1) is 0 Å². The smallest absolute Gasteiger partial charge is 0.253 e. The third-order valence-corrected chi connectivity index (χ3v) is 5.73. The maximum absolute atomic E-state index is 11.4. The highest BCUT2D eigenvalue weighted by Crippen LogP contribution is 2.21. The largest absolute Gasteiger partial charge is 0.497 e. The highest BCUT2D eigenvalue weighted by Gasteiger charge is 2.20. The van der Waals surface area contributed by atoms with Crippen LogP contribution in [0.3, 0.4) is 0 Å². The zero-order valence-corrected chi connectivity index (χ0v) is 17.9. The van der Waals surface area contributed by atoms with Crippen LogP contribution in [-0.2, 0) is 11.2 Å². The molecule has 1 aliphatic heterocycles. The Hall–Kier alpha value is -1.61. The number of hydrogen-bond donors (Lipinski definition) is 1. The molecule has 1 fully saturated rings. The molecule has 0 unspecified atom stereocenters. The van der Waals surface area contributed by atoms with Crippen LogP contribution in [0.2, 0.25) is 0 Å². The first-order valence-electron chi connectivity index (χ1n) is 9.04. The van der Waals surface area contributed by atoms with Crippen molar-refractivity contribution in [2.24, 2.45) is 0 Å². The molecule has 7 nitrogen and oxygen atoms in total. The Bertz CT molecular complexity index is 781. The molecule has 0 bridgehead atoms. The van der Waals surface area contributed by atoms with E-state index in [1.54, 1.807) is 7.11 Å². The summed E-state index contributed by atoms with van der Waals surface area (Å²) in [5.41, 5.74) is 1.13. The van der Waals surface area contributed by atoms with Gasteiger partial charge in [0.2, 0.25) is 5.13 Å². The van der Waals surface area contributed by atoms with Crippen LogP contribution in [0, 0.1) is 0 Å². The minimum Gasteiger partial charge on any atom is -0.497 e. The molecule has 1 amide bonds. The molecule has 0 spiro atoms. The summed E-state index contributed by atoms with van der Waals surface area (Å²) in [6.45, 7) is 4.90. The molecule has 0 radical (unpaired) electrons. The van der Waals surface area contributed by atoms with Crippen molar-refractivity contribution < 1.29 is 9.53 Å². The highest BCUT2D eigenvalue weighted by atomic mass is 35.5. The first kappa shape index (κ1) is 21.1. The van der Waals surface area contributed by atoms with Crippen LogP contribution in [0.4, 0.5) is 5.13 Å². The molecule has 10 heteroatoms. The van der Waals surface area contributed by atoms with Gasteiger partial charge in [0.15, 0.2) is 4.84 Å². The van der Waals surface area contributed by atoms with Crippen molar-refractivity contribution >= 4 is 45.8 Å². The lowest BCUT2D eigenvalue weighted by atomic mass is 10.1. The van der Waals surface area contributed by atoms with E-state index in [1.165, 1.54) is 11.5 Å². The number of aromatic nitrogens is 2. The van der Waals surface area contributed by atoms with E-state index in [0.717, 1.165) is 55.0 Å². The number of benzene rings is 1. The van der Waals surface area contributed by atoms with Gasteiger partial charge >= 0.3 is 0 Å². The molecule has 1 aromatic carbocycles. The second-order valence-corrected chi connectivity index (χ2v) is 8.27. The lowest BCUT2D eigenvalue weighted by molar-refractivity contribution is -0.119. The number of ether oxygens (including phenoxy) is 1. The van der Waals surface area contributed by atoms with Crippen LogP contribution in [0.25, 0.3) is 0 Å². The fourth-order valence-electron chi connectivity index (χ4n) is 2.99. The summed E-state index contributed by atoms with van der Waals surface area (Å²) < 4.78 is 9.78. The molecule has 1 N–H and O–H groups in total. The van der Waals surface area contributed by atoms with Crippen molar-refractivity contribution in [2.75, 3.05) is 51.3 Å². The fourth-order valence-corrected chi connectivity index (χ4v) is 3.88. The van der Waals surface area contributed by atoms with Gasteiger partial charge in [-0.05, 0) is 17.7 Å². The summed E-state index contributed by atoms with van der Waals surface area (Å²) in [6, 6.07) is 7.97. The van der Waals surface area contributed by atoms with Crippen LogP contribution < -0.4 is 15.0 Å². The SMILES string of the molecule is COc1cccc(Cc2nsc(N3CCN(CCNC(=O)C(Cl)Cl)CC3)n2)c1. The lowest BCUT2D eigenvalue weighted by Crippen LogP contribution is -2.48. The van der Waals surface area contributed by atoms with Crippen LogP contribution in [0.1, 0.15) is 11.4 Å². The number of carbonyl (C=O) groups excluding carboxylic acids is 1. The molecular weight excluding hydrogens is 421 g/mol. The van der Waals surface area contributed by atoms with Crippen LogP contribution in [0.5, 0.6) is 5.75 Å². The Morgan fingerprint density at radius 3 is 2.82 bits per heavy atom. The molecule has 0 atom stereocenters. The van der Waals surface area contributed by atoms with Gasteiger partial charge in [-0.2, -0.15) is 4.37 Å². The van der Waals surface area contributed by atoms with E-state index >= 15 is 0 Å². The number of methoxy groups -OCH3 is 1. The van der Waals surface area contributed by atoms with Gasteiger partial charge in [-0.25, -0.2) is 4.98 Å². The van der Waals surface area contributed by atoms with Crippen molar-refractivity contribution in [2.45, 2.75) is 11.3 Å². The summed E-state index contributed by atoms with van der Waals surface area (Å²) in [5.74, 6) is 1.32. The summed E-state index contributed by atoms with van der Waals surface area (Å²) in [7, 11) is 1.67. The molecule has 3 rings (SSSR count). The molecule has 2 heterocycles. The number of carbonyl (C=O) groups is 1. The Kier molecular flexibility index (Phi) is 7.73. The van der Waals surface area contributed by atoms with Crippen molar-refractivity contribution in [1.29, 1.82) is 0 Å². The number of rotatable bonds is 8. The summed E-state index contributed by atoms with van der Waals surface area (Å²) in [5, 5.41) is 3.68. The minimum absolute atomic E-state index is 0.348. The first-order chi connectivity index (χ1) is 13.5. The molecule has 2 aromatic rings. The number of hydrogen-bond acceptors (Lipinski definition) is 7. The fraction of sp³-hybridized carbons (Fsp3) is 0.500. The quantitative estimate of drug-likeness (QED) is 0.630. The molecular formula is C18H23Cl2N5O2S. The van der Waals surface area contributed by atoms with E-state index in [-0.39, 0.29) is 5.91 Å². The Morgan fingerprint density at radius 1 is 1.32 bits per heavy atom. The molecule has 152 valence electrons. The van der Waals surface area contributed by atoms with E-state index < -0.39 is 4.84 Å². The maximum atomic E-state index is 11.4. The van der Waals surface area contributed by atoms with E-state index in [0.29, 0.717) is 13.0 Å². The van der Waals surface area contributed by atoms with Gasteiger partial charge in [-0.1, -0.05) is 35.3 Å². The second-order valence-electron chi connectivity index (χ2n) is 6.44. The minimum atomic E-state index is -1.01. The van der Waals surface area contributed by atoms with Gasteiger partial charge in [0.25, 0.3) is 5.91 Å². The standard InChI is InChI=1S/C18H23Cl2N5O2S/c1-27-14-4-2-3-13(11-14)12-15-22-18(28-23-15)25-9-7-24(8-10-25)6-5-21-17(26)16(19)20/h2-4,11,16H,5-10,12H2,1H3,(H,21,26). The van der Waals surface area contributed by atoms with E-state index in [9.17, 15) is 4.79 Å². The van der Waals surface area contributed by atoms with Crippen LogP contribution in [0.15, 0.2) is 24.3 Å². The normalized spacial score (nSPS) is 15.1. The molecule has 1 aliphatic rings. The van der Waals surface area contributed by atoms with Gasteiger partial charge in [0.05, 0.1) is 7.11 Å². The predicted molar refractivity (Wildman–Crippen MR) is 113 cm³/mol. The van der Waals surface area contributed by atoms with E-state index in [2.05, 4.69) is 25.6 Å². The van der Waals surface area contributed by atoms with E-state index in [4.69, 9.17) is 32.9 Å². The van der Waals surface area contributed by atoms with Crippen molar-refractivity contribution in [3.63, 3.8) is 0 Å². The number of halogens is 2. The molecule has 1 aromatic heterocycles. The number of nitrogens with zero attached hydrogens (tertiary/aromatic N) is 4. The van der Waals surface area contributed by atoms with Crippen LogP contribution in [-0.4, -0.2) is 71.4 Å². The van der Waals surface area contributed by atoms with Crippen molar-refractivity contribution in [3.8, 4) is 5.75 Å². The third kappa shape index (κ3) is 5.94. The first-order valence-corrected chi connectivity index (χ1v) is 10.7. The Morgan fingerprint density at radius 2 is 2.11 bits per heavy atom. The predicted octanol–water partition coefficient (Wildman–Crippen LogP) is 2.18. The number of anilines is 1. The maximum Gasteiger partial charge on any atom is 0.253 e. The average molecular weight is 444 g/mol. The third-order valence-electron chi connectivity index (χ3n) is 4.52. The van der Waals surface area contributed by atoms with E-state index in [1.807, 2.05) is 18.2 Å². The number of alkyl halides is 2. The highest BCUT2D eigenvalue weighted by molar-refractivity contribution is 7.09. The number of nitrogens with one attached hydrogen (secondary N) is 1. The van der Waals surface area contributed by atoms with Crippen molar-refractivity contribution in [3.05, 3.63) is 35.7 Å². The summed E-state index contributed by atoms with van der Waals surface area (Å²) >= 11 is 12.5. The van der Waals surface area contributed by atoms with Gasteiger partial charge in [-0.3, -0.25) is 9.69 Å². The van der Waals surface area contributed by atoms with Crippen LogP contribution >= 0.6 is 34.7 Å². The second kappa shape index (κ2) is 10.2. The molecule has 28 heavy (non-hydrogen) atoms. The van der Waals surface area contributed by atoms with Gasteiger partial charge < -0.3 is 15.0 Å². The topological polar surface area (TPSA) is 70.6 Å². The monoisotopic (exact) mass is 443 g/mol. The number of piperazine rings is 1. The zero-order valence-electron chi connectivity index (χ0n) is 15.6. The van der Waals surface area contributed by atoms with Gasteiger partial charge in [0, 0.05) is 57.2 Å². The number of amides is 1. The summed E-state index contributed by atoms with van der Waals surface area (Å²) in [6.07, 6.45) is 0.690. The van der Waals surface area contributed by atoms with Gasteiger partial charge in [0.1, 0.15) is 11.6 Å². The zero-order chi connectivity index (χ0) is 19.9. The average Bonchev–Trinajstić information content (AvgIpc) is 3.17. The molecule has 0 saturated carbocycles. The molecule has 1 saturated heterocycles. The Labute approximate surface area is 178 Å².